The predicted octanol–water partition coefficient (Wildman–Crippen LogP) is 3.90. The molecule has 1 aromatic heterocycles. The molecule has 82 valence electrons. The molecule has 0 amide bonds. The number of halogens is 1. The average molecular weight is 251 g/mol. The molecule has 1 heterocycles. The topological polar surface area (TPSA) is 25.8 Å². The van der Waals surface area contributed by atoms with Crippen molar-refractivity contribution in [3.8, 4) is 0 Å². The van der Waals surface area contributed by atoms with Crippen molar-refractivity contribution in [2.45, 2.75) is 23.8 Å². The summed E-state index contributed by atoms with van der Waals surface area (Å²) < 4.78 is 0. The van der Waals surface area contributed by atoms with Crippen LogP contribution in [-0.2, 0) is 0 Å². The molecule has 0 aliphatic rings. The Balaban J connectivity index is 2.27. The van der Waals surface area contributed by atoms with Crippen LogP contribution in [0.3, 0.4) is 0 Å². The number of aryl methyl sites for hydroxylation is 1. The van der Waals surface area contributed by atoms with Crippen LogP contribution in [-0.4, -0.2) is 9.97 Å². The van der Waals surface area contributed by atoms with Crippen LogP contribution in [0, 0.1) is 13.8 Å². The molecule has 0 unspecified atom stereocenters. The molecular weight excluding hydrogens is 240 g/mol. The number of hydrogen-bond acceptors (Lipinski definition) is 3. The Bertz CT molecular complexity index is 497. The minimum Gasteiger partial charge on any atom is -0.229 e. The normalized spacial score (nSPS) is 10.4. The standard InChI is InChI=1S/C12H11ClN2S/c1-8-3-5-10(6-4-8)16-12-9(2)11(13)14-7-15-12/h3-7H,1-2H3. The summed E-state index contributed by atoms with van der Waals surface area (Å²) in [5, 5.41) is 1.42. The molecule has 0 spiro atoms. The molecule has 0 radical (unpaired) electrons. The first-order valence-corrected chi connectivity index (χ1v) is 6.08. The molecule has 0 saturated heterocycles. The van der Waals surface area contributed by atoms with Gasteiger partial charge in [-0.1, -0.05) is 41.1 Å². The summed E-state index contributed by atoms with van der Waals surface area (Å²) in [5.41, 5.74) is 2.18. The predicted molar refractivity (Wildman–Crippen MR) is 67.1 cm³/mol. The Morgan fingerprint density at radius 1 is 1.06 bits per heavy atom. The van der Waals surface area contributed by atoms with E-state index in [4.69, 9.17) is 11.6 Å². The van der Waals surface area contributed by atoms with Crippen molar-refractivity contribution in [3.05, 3.63) is 46.9 Å². The van der Waals surface area contributed by atoms with Crippen molar-refractivity contribution < 1.29 is 0 Å². The van der Waals surface area contributed by atoms with Crippen molar-refractivity contribution in [2.75, 3.05) is 0 Å². The first kappa shape index (κ1) is 11.4. The fourth-order valence-electron chi connectivity index (χ4n) is 1.23. The number of aromatic nitrogens is 2. The van der Waals surface area contributed by atoms with Gasteiger partial charge in [0.05, 0.1) is 0 Å². The largest absolute Gasteiger partial charge is 0.229 e. The minimum absolute atomic E-state index is 0.518. The van der Waals surface area contributed by atoms with Crippen LogP contribution in [0.4, 0.5) is 0 Å². The highest BCUT2D eigenvalue weighted by Gasteiger charge is 2.06. The Morgan fingerprint density at radius 3 is 2.44 bits per heavy atom. The molecule has 1 aromatic carbocycles. The Kier molecular flexibility index (Phi) is 3.46. The number of benzene rings is 1. The van der Waals surface area contributed by atoms with Gasteiger partial charge in [-0.15, -0.1) is 0 Å². The molecular formula is C12H11ClN2S. The van der Waals surface area contributed by atoms with Gasteiger partial charge in [0.1, 0.15) is 16.5 Å². The number of nitrogens with zero attached hydrogens (tertiary/aromatic N) is 2. The van der Waals surface area contributed by atoms with Crippen molar-refractivity contribution in [1.82, 2.24) is 9.97 Å². The van der Waals surface area contributed by atoms with E-state index in [1.165, 1.54) is 11.9 Å². The number of hydrogen-bond donors (Lipinski definition) is 0. The van der Waals surface area contributed by atoms with Crippen LogP contribution < -0.4 is 0 Å². The van der Waals surface area contributed by atoms with Gasteiger partial charge in [-0.05, 0) is 26.0 Å². The van der Waals surface area contributed by atoms with E-state index < -0.39 is 0 Å². The maximum absolute atomic E-state index is 5.94. The Labute approximate surface area is 104 Å². The third-order valence-corrected chi connectivity index (χ3v) is 3.71. The zero-order chi connectivity index (χ0) is 11.5. The van der Waals surface area contributed by atoms with Crippen molar-refractivity contribution in [1.29, 1.82) is 0 Å². The monoisotopic (exact) mass is 250 g/mol. The average Bonchev–Trinajstić information content (AvgIpc) is 2.28. The highest BCUT2D eigenvalue weighted by Crippen LogP contribution is 2.30. The van der Waals surface area contributed by atoms with Crippen LogP contribution >= 0.6 is 23.4 Å². The van der Waals surface area contributed by atoms with Gasteiger partial charge in [0.2, 0.25) is 0 Å². The highest BCUT2D eigenvalue weighted by atomic mass is 35.5. The molecule has 0 N–H and O–H groups in total. The van der Waals surface area contributed by atoms with Crippen LogP contribution in [0.25, 0.3) is 0 Å². The lowest BCUT2D eigenvalue weighted by molar-refractivity contribution is 1.00. The van der Waals surface area contributed by atoms with Crippen molar-refractivity contribution in [3.63, 3.8) is 0 Å². The first-order valence-electron chi connectivity index (χ1n) is 4.88. The summed E-state index contributed by atoms with van der Waals surface area (Å²) >= 11 is 7.54. The fraction of sp³-hybridized carbons (Fsp3) is 0.167. The van der Waals surface area contributed by atoms with Gasteiger partial charge in [0.25, 0.3) is 0 Å². The van der Waals surface area contributed by atoms with Gasteiger partial charge in [-0.25, -0.2) is 9.97 Å². The van der Waals surface area contributed by atoms with E-state index in [1.54, 1.807) is 11.8 Å². The van der Waals surface area contributed by atoms with Crippen molar-refractivity contribution >= 4 is 23.4 Å². The summed E-state index contributed by atoms with van der Waals surface area (Å²) in [5.74, 6) is 0. The van der Waals surface area contributed by atoms with E-state index in [9.17, 15) is 0 Å². The smallest absolute Gasteiger partial charge is 0.136 e. The van der Waals surface area contributed by atoms with E-state index in [1.807, 2.05) is 6.92 Å². The van der Waals surface area contributed by atoms with E-state index in [0.29, 0.717) is 5.15 Å². The Morgan fingerprint density at radius 2 is 1.75 bits per heavy atom. The zero-order valence-corrected chi connectivity index (χ0v) is 10.6. The molecule has 16 heavy (non-hydrogen) atoms. The summed E-state index contributed by atoms with van der Waals surface area (Å²) in [6.45, 7) is 4.00. The van der Waals surface area contributed by atoms with Gasteiger partial charge in [0, 0.05) is 10.5 Å². The van der Waals surface area contributed by atoms with E-state index in [2.05, 4.69) is 41.2 Å². The highest BCUT2D eigenvalue weighted by molar-refractivity contribution is 7.99. The maximum Gasteiger partial charge on any atom is 0.136 e. The quantitative estimate of drug-likeness (QED) is 0.756. The molecule has 2 aromatic rings. The summed E-state index contributed by atoms with van der Waals surface area (Å²) in [6, 6.07) is 8.33. The Hall–Kier alpha value is -1.06. The second kappa shape index (κ2) is 4.85. The molecule has 0 fully saturated rings. The molecule has 2 nitrogen and oxygen atoms in total. The molecule has 0 atom stereocenters. The van der Waals surface area contributed by atoms with Crippen molar-refractivity contribution in [2.24, 2.45) is 0 Å². The van der Waals surface area contributed by atoms with Crippen LogP contribution in [0.2, 0.25) is 5.15 Å². The lowest BCUT2D eigenvalue weighted by Gasteiger charge is -2.05. The van der Waals surface area contributed by atoms with E-state index >= 15 is 0 Å². The van der Waals surface area contributed by atoms with Gasteiger partial charge in [-0.2, -0.15) is 0 Å². The molecule has 0 aliphatic carbocycles. The van der Waals surface area contributed by atoms with Crippen LogP contribution in [0.15, 0.2) is 40.5 Å². The SMILES string of the molecule is Cc1ccc(Sc2ncnc(Cl)c2C)cc1. The number of rotatable bonds is 2. The zero-order valence-electron chi connectivity index (χ0n) is 9.07. The minimum atomic E-state index is 0.518. The summed E-state index contributed by atoms with van der Waals surface area (Å²) in [6.07, 6.45) is 1.49. The van der Waals surface area contributed by atoms with Crippen LogP contribution in [0.5, 0.6) is 0 Å². The molecule has 0 aliphatic heterocycles. The summed E-state index contributed by atoms with van der Waals surface area (Å²) in [4.78, 5) is 9.32. The third kappa shape index (κ3) is 2.54. The second-order valence-electron chi connectivity index (χ2n) is 3.51. The molecule has 0 saturated carbocycles. The van der Waals surface area contributed by atoms with E-state index in [-0.39, 0.29) is 0 Å². The lowest BCUT2D eigenvalue weighted by atomic mass is 10.2. The summed E-state index contributed by atoms with van der Waals surface area (Å²) in [7, 11) is 0. The van der Waals surface area contributed by atoms with Gasteiger partial charge >= 0.3 is 0 Å². The first-order chi connectivity index (χ1) is 7.66. The van der Waals surface area contributed by atoms with E-state index in [0.717, 1.165) is 15.5 Å². The second-order valence-corrected chi connectivity index (χ2v) is 4.93. The molecule has 2 rings (SSSR count). The molecule has 4 heteroatoms. The van der Waals surface area contributed by atoms with Gasteiger partial charge < -0.3 is 0 Å². The van der Waals surface area contributed by atoms with Gasteiger partial charge in [-0.3, -0.25) is 0 Å². The molecule has 0 bridgehead atoms. The maximum atomic E-state index is 5.94. The van der Waals surface area contributed by atoms with Gasteiger partial charge in [0.15, 0.2) is 0 Å². The fourth-order valence-corrected chi connectivity index (χ4v) is 2.27. The lowest BCUT2D eigenvalue weighted by Crippen LogP contribution is -1.89. The third-order valence-electron chi connectivity index (χ3n) is 2.21. The van der Waals surface area contributed by atoms with Crippen LogP contribution in [0.1, 0.15) is 11.1 Å².